The van der Waals surface area contributed by atoms with Gasteiger partial charge in [-0.3, -0.25) is 67.3 Å². The second kappa shape index (κ2) is 39.7. The Labute approximate surface area is 555 Å². The number of likely N-dealkylation sites (tertiary alicyclic amines) is 2. The molecule has 538 valence electrons. The molecule has 0 saturated carbocycles. The third kappa shape index (κ3) is 25.2. The molecule has 0 radical (unpaired) electrons. The Hall–Kier alpha value is -9.10. The Balaban J connectivity index is 1.67. The number of carboxylic acids is 1. The summed E-state index contributed by atoms with van der Waals surface area (Å²) >= 11 is 0. The van der Waals surface area contributed by atoms with Crippen LogP contribution in [-0.4, -0.2) is 253 Å². The van der Waals surface area contributed by atoms with E-state index in [1.54, 1.807) is 41.5 Å². The van der Waals surface area contributed by atoms with E-state index >= 15 is 0 Å². The number of hydrogen-bond donors (Lipinski definition) is 19. The van der Waals surface area contributed by atoms with Crippen molar-refractivity contribution in [2.24, 2.45) is 39.9 Å². The average Bonchev–Trinajstić information content (AvgIpc) is 1.72. The van der Waals surface area contributed by atoms with Gasteiger partial charge in [-0.1, -0.05) is 48.0 Å². The van der Waals surface area contributed by atoms with Crippen molar-refractivity contribution in [1.82, 2.24) is 78.3 Å². The molecular weight excluding hydrogens is 1260 g/mol. The number of nitrogens with one attached hydrogen (secondary N) is 12. The number of H-pyrrole nitrogens is 1. The minimum absolute atomic E-state index is 0.0135. The molecular formula is C59H99N19O18. The number of rotatable bonds is 39. The third-order valence-electron chi connectivity index (χ3n) is 16.1. The molecule has 3 heterocycles. The Kier molecular flexibility index (Phi) is 33.5. The number of nitrogens with two attached hydrogens (primary N) is 3. The maximum absolute atomic E-state index is 14.6. The number of carboxylic acid groups (broad SMARTS) is 1. The fraction of sp³-hybridized carbons (Fsp3) is 0.695. The normalized spacial score (nSPS) is 18.2. The number of nitrogens with zero attached hydrogens (tertiary/aromatic N) is 4. The minimum Gasteiger partial charge on any atom is -0.480 e. The number of guanidine groups is 1. The number of hydrogen-bond acceptors (Lipinski definition) is 20. The number of amides is 13. The Morgan fingerprint density at radius 3 is 1.64 bits per heavy atom. The molecule has 1 aromatic heterocycles. The average molecular weight is 1360 g/mol. The fourth-order valence-electron chi connectivity index (χ4n) is 10.3. The van der Waals surface area contributed by atoms with E-state index in [1.807, 2.05) is 0 Å². The summed E-state index contributed by atoms with van der Waals surface area (Å²) in [6.07, 6.45) is 4.09. The number of carbonyl (C=O) groups is 14. The molecule has 0 aromatic carbocycles. The molecule has 3 rings (SSSR count). The smallest absolute Gasteiger partial charge is 0.326 e. The van der Waals surface area contributed by atoms with E-state index in [0.717, 1.165) is 4.90 Å². The largest absolute Gasteiger partial charge is 0.480 e. The molecule has 0 spiro atoms. The van der Waals surface area contributed by atoms with E-state index in [9.17, 15) is 87.5 Å². The number of carbonyl (C=O) groups excluding carboxylic acids is 13. The number of imidazole rings is 1. The number of aromatic amines is 1. The number of aromatic nitrogens is 2. The molecule has 22 N–H and O–H groups in total. The molecule has 37 heteroatoms. The summed E-state index contributed by atoms with van der Waals surface area (Å²) in [5.41, 5.74) is 16.8. The first-order valence-corrected chi connectivity index (χ1v) is 31.9. The first-order chi connectivity index (χ1) is 45.2. The van der Waals surface area contributed by atoms with Gasteiger partial charge in [-0.2, -0.15) is 0 Å². The topological polar surface area (TPSA) is 578 Å². The van der Waals surface area contributed by atoms with Gasteiger partial charge in [0, 0.05) is 37.9 Å². The zero-order valence-corrected chi connectivity index (χ0v) is 55.7. The van der Waals surface area contributed by atoms with Crippen LogP contribution in [0, 0.1) is 17.8 Å². The SMILES string of the molecule is CC[C@H](C)[C@H](NC(=O)[C@H](C)NC(=O)[C@@H]1CCCN1C(=O)[C@H](Cc1cnc[nH]1)NC(=O)[C@@H]1CCCN1C(=O)[C@H](CO)NC(=O)CNC(=O)[C@H](C)NC(=O)[C@H](CO)NC(=O)[C@@H](NC(=O)[C@@H](N)CO)C(C)C)C(=O)N[C@@H](C)C(=O)N[C@@H](CCCN=C(N)N)C(=O)N[C@@H](CC(C)C)C(=O)O. The van der Waals surface area contributed by atoms with Crippen molar-refractivity contribution >= 4 is 88.7 Å². The van der Waals surface area contributed by atoms with Crippen LogP contribution in [0.3, 0.4) is 0 Å². The highest BCUT2D eigenvalue weighted by Crippen LogP contribution is 2.23. The lowest BCUT2D eigenvalue weighted by Gasteiger charge is -2.32. The van der Waals surface area contributed by atoms with E-state index in [-0.39, 0.29) is 76.5 Å². The van der Waals surface area contributed by atoms with Crippen LogP contribution in [0.5, 0.6) is 0 Å². The summed E-state index contributed by atoms with van der Waals surface area (Å²) in [5, 5.41) is 66.2. The van der Waals surface area contributed by atoms with Crippen LogP contribution < -0.4 is 75.7 Å². The van der Waals surface area contributed by atoms with Crippen molar-refractivity contribution in [3.63, 3.8) is 0 Å². The molecule has 13 amide bonds. The quantitative estimate of drug-likeness (QED) is 0.0165. The molecule has 0 unspecified atom stereocenters. The van der Waals surface area contributed by atoms with Gasteiger partial charge in [0.25, 0.3) is 0 Å². The predicted molar refractivity (Wildman–Crippen MR) is 342 cm³/mol. The summed E-state index contributed by atoms with van der Waals surface area (Å²) in [5.74, 6) is -13.6. The maximum Gasteiger partial charge on any atom is 0.326 e. The van der Waals surface area contributed by atoms with Gasteiger partial charge in [0.2, 0.25) is 76.8 Å². The van der Waals surface area contributed by atoms with Crippen molar-refractivity contribution < 1.29 is 87.5 Å². The number of aliphatic hydroxyl groups excluding tert-OH is 3. The molecule has 96 heavy (non-hydrogen) atoms. The van der Waals surface area contributed by atoms with Gasteiger partial charge in [0.1, 0.15) is 78.5 Å². The molecule has 0 bridgehead atoms. The van der Waals surface area contributed by atoms with Crippen LogP contribution >= 0.6 is 0 Å². The highest BCUT2D eigenvalue weighted by molar-refractivity contribution is 6.00. The zero-order chi connectivity index (χ0) is 72.3. The van der Waals surface area contributed by atoms with Gasteiger partial charge in [-0.25, -0.2) is 9.78 Å². The molecule has 2 saturated heterocycles. The summed E-state index contributed by atoms with van der Waals surface area (Å²) in [7, 11) is 0. The number of aliphatic carboxylic acids is 1. The van der Waals surface area contributed by atoms with E-state index < -0.39 is 200 Å². The number of aliphatic hydroxyl groups is 3. The zero-order valence-electron chi connectivity index (χ0n) is 55.7. The van der Waals surface area contributed by atoms with Gasteiger partial charge in [-0.05, 0) is 83.5 Å². The van der Waals surface area contributed by atoms with E-state index in [0.29, 0.717) is 18.5 Å². The lowest BCUT2D eigenvalue weighted by Crippen LogP contribution is -2.60. The Morgan fingerprint density at radius 1 is 0.594 bits per heavy atom. The lowest BCUT2D eigenvalue weighted by atomic mass is 9.97. The molecule has 0 aliphatic carbocycles. The van der Waals surface area contributed by atoms with Crippen molar-refractivity contribution in [1.29, 1.82) is 0 Å². The van der Waals surface area contributed by atoms with Crippen LogP contribution in [0.25, 0.3) is 0 Å². The van der Waals surface area contributed by atoms with Crippen LogP contribution in [0.1, 0.15) is 119 Å². The number of aliphatic imine (C=N–C) groups is 1. The highest BCUT2D eigenvalue weighted by Gasteiger charge is 2.43. The second-order valence-electron chi connectivity index (χ2n) is 24.6. The van der Waals surface area contributed by atoms with Crippen LogP contribution in [0.15, 0.2) is 17.5 Å². The summed E-state index contributed by atoms with van der Waals surface area (Å²) in [4.78, 5) is 201. The van der Waals surface area contributed by atoms with Crippen LogP contribution in [0.4, 0.5) is 0 Å². The van der Waals surface area contributed by atoms with Gasteiger partial charge in [-0.15, -0.1) is 0 Å². The van der Waals surface area contributed by atoms with Crippen molar-refractivity contribution in [3.05, 3.63) is 18.2 Å². The first kappa shape index (κ1) is 81.1. The van der Waals surface area contributed by atoms with Crippen molar-refractivity contribution in [2.45, 2.75) is 199 Å². The van der Waals surface area contributed by atoms with Crippen LogP contribution in [0.2, 0.25) is 0 Å². The van der Waals surface area contributed by atoms with E-state index in [4.69, 9.17) is 17.2 Å². The minimum atomic E-state index is -1.64. The monoisotopic (exact) mass is 1360 g/mol. The third-order valence-corrected chi connectivity index (χ3v) is 16.1. The summed E-state index contributed by atoms with van der Waals surface area (Å²) < 4.78 is 0. The fourth-order valence-corrected chi connectivity index (χ4v) is 10.3. The standard InChI is InChI=1S/C59H99N19O18/c1-10-30(6)45(55(92)69-32(8)47(84)71-36(14-11-17-64-59(61)62)50(87)73-38(58(95)96)20-28(2)3)76-48(85)33(9)68-52(89)41-15-12-18-77(41)56(93)37(21-34-22-63-27-66-34)72-53(90)42-16-13-19-78(42)57(94)40(26-81)70-43(82)23-65-46(83)31(7)67-51(88)39(25-80)74-54(91)44(29(4)5)75-49(86)35(60)24-79/h22,27-33,35-42,44-45,79-81H,10-21,23-26,60H2,1-9H3,(H,63,66)(H,65,83)(H,67,88)(H,68,89)(H,69,92)(H,70,82)(H,71,84)(H,72,90)(H,73,87)(H,74,91)(H,75,86)(H,76,85)(H,95,96)(H4,61,62,64)/t30-,31-,32-,33-,35-,36-,37-,38-,39-,40-,41-,42-,44-,45-/m0/s1. The first-order valence-electron chi connectivity index (χ1n) is 31.9. The van der Waals surface area contributed by atoms with Crippen molar-refractivity contribution in [3.8, 4) is 0 Å². The van der Waals surface area contributed by atoms with E-state index in [2.05, 4.69) is 73.4 Å². The summed E-state index contributed by atoms with van der Waals surface area (Å²) in [6, 6.07) is -17.3. The van der Waals surface area contributed by atoms with Gasteiger partial charge in [0.05, 0.1) is 32.7 Å². The van der Waals surface area contributed by atoms with Crippen molar-refractivity contribution in [2.75, 3.05) is 46.0 Å². The molecule has 2 aliphatic heterocycles. The van der Waals surface area contributed by atoms with E-state index in [1.165, 1.54) is 38.2 Å². The predicted octanol–water partition coefficient (Wildman–Crippen LogP) is -7.85. The second-order valence-corrected chi connectivity index (χ2v) is 24.6. The lowest BCUT2D eigenvalue weighted by molar-refractivity contribution is -0.145. The molecule has 37 nitrogen and oxygen atoms in total. The molecule has 1 aromatic rings. The Bertz CT molecular complexity index is 2890. The maximum atomic E-state index is 14.6. The molecule has 2 fully saturated rings. The van der Waals surface area contributed by atoms with Gasteiger partial charge < -0.3 is 111 Å². The summed E-state index contributed by atoms with van der Waals surface area (Å²) in [6.45, 7) is 10.8. The molecule has 2 aliphatic rings. The highest BCUT2D eigenvalue weighted by atomic mass is 16.4. The molecule has 14 atom stereocenters. The van der Waals surface area contributed by atoms with Gasteiger partial charge in [0.15, 0.2) is 5.96 Å². The van der Waals surface area contributed by atoms with Crippen LogP contribution in [-0.2, 0) is 73.5 Å². The van der Waals surface area contributed by atoms with Gasteiger partial charge >= 0.3 is 5.97 Å². The Morgan fingerprint density at radius 2 is 1.10 bits per heavy atom.